The van der Waals surface area contributed by atoms with Gasteiger partial charge in [-0.1, -0.05) is 55.3 Å². The zero-order valence-electron chi connectivity index (χ0n) is 12.5. The molecule has 3 aliphatic rings. The number of nitrogens with zero attached hydrogens (tertiary/aromatic N) is 1. The van der Waals surface area contributed by atoms with Crippen LogP contribution in [0.5, 0.6) is 0 Å². The third-order valence-electron chi connectivity index (χ3n) is 5.88. The van der Waals surface area contributed by atoms with Gasteiger partial charge in [-0.05, 0) is 31.2 Å². The molecule has 1 amide bonds. The molecule has 0 radical (unpaired) electrons. The number of benzene rings is 1. The maximum atomic E-state index is 13.0. The van der Waals surface area contributed by atoms with Crippen molar-refractivity contribution in [1.82, 2.24) is 4.90 Å². The third kappa shape index (κ3) is 1.96. The van der Waals surface area contributed by atoms with Gasteiger partial charge in [0.2, 0.25) is 5.91 Å². The summed E-state index contributed by atoms with van der Waals surface area (Å²) in [4.78, 5) is 15.2. The van der Waals surface area contributed by atoms with Gasteiger partial charge < -0.3 is 4.90 Å². The highest BCUT2D eigenvalue weighted by Gasteiger charge is 2.58. The molecule has 1 aliphatic heterocycles. The summed E-state index contributed by atoms with van der Waals surface area (Å²) >= 11 is 0. The van der Waals surface area contributed by atoms with E-state index < -0.39 is 0 Å². The van der Waals surface area contributed by atoms with Gasteiger partial charge in [0.25, 0.3) is 0 Å². The molecule has 1 saturated carbocycles. The van der Waals surface area contributed by atoms with Crippen molar-refractivity contribution in [3.63, 3.8) is 0 Å². The molecule has 1 saturated heterocycles. The van der Waals surface area contributed by atoms with Crippen LogP contribution in [0.3, 0.4) is 0 Å². The van der Waals surface area contributed by atoms with E-state index in [1.54, 1.807) is 0 Å². The summed E-state index contributed by atoms with van der Waals surface area (Å²) in [6.45, 7) is 0.788. The van der Waals surface area contributed by atoms with Crippen molar-refractivity contribution in [2.45, 2.75) is 51.1 Å². The van der Waals surface area contributed by atoms with Crippen molar-refractivity contribution in [2.75, 3.05) is 0 Å². The first-order valence-corrected chi connectivity index (χ1v) is 8.32. The fraction of sp³-hybridized carbons (Fsp3) is 0.526. The van der Waals surface area contributed by atoms with Crippen molar-refractivity contribution in [1.29, 1.82) is 0 Å². The molecule has 1 spiro atoms. The van der Waals surface area contributed by atoms with Gasteiger partial charge in [-0.25, -0.2) is 0 Å². The summed E-state index contributed by atoms with van der Waals surface area (Å²) in [5.41, 5.74) is 1.51. The fourth-order valence-corrected chi connectivity index (χ4v) is 4.93. The Labute approximate surface area is 126 Å². The average Bonchev–Trinajstić information content (AvgIpc) is 2.78. The summed E-state index contributed by atoms with van der Waals surface area (Å²) in [7, 11) is 0. The Balaban J connectivity index is 1.68. The van der Waals surface area contributed by atoms with E-state index in [-0.39, 0.29) is 11.3 Å². The Morgan fingerprint density at radius 1 is 1.14 bits per heavy atom. The van der Waals surface area contributed by atoms with Crippen LogP contribution in [-0.2, 0) is 11.3 Å². The molecule has 4 rings (SSSR count). The molecule has 3 atom stereocenters. The van der Waals surface area contributed by atoms with Crippen LogP contribution in [0.1, 0.15) is 44.1 Å². The summed E-state index contributed by atoms with van der Waals surface area (Å²) in [6.07, 6.45) is 11.8. The SMILES string of the molecule is O=C1[C@H]2C=CCC[C@]23CCCC[C@@H]3N1Cc1ccccc1. The molecule has 0 bridgehead atoms. The molecule has 2 nitrogen and oxygen atoms in total. The minimum atomic E-state index is 0.153. The van der Waals surface area contributed by atoms with Crippen molar-refractivity contribution >= 4 is 5.91 Å². The molecule has 21 heavy (non-hydrogen) atoms. The van der Waals surface area contributed by atoms with Crippen LogP contribution < -0.4 is 0 Å². The zero-order chi connectivity index (χ0) is 14.3. The lowest BCUT2D eigenvalue weighted by atomic mass is 9.61. The Hall–Kier alpha value is -1.57. The Kier molecular flexibility index (Phi) is 3.13. The van der Waals surface area contributed by atoms with Crippen LogP contribution in [0.4, 0.5) is 0 Å². The van der Waals surface area contributed by atoms with Gasteiger partial charge in [-0.2, -0.15) is 0 Å². The largest absolute Gasteiger partial charge is 0.334 e. The molecule has 1 aromatic rings. The quantitative estimate of drug-likeness (QED) is 0.752. The van der Waals surface area contributed by atoms with Gasteiger partial charge in [0.15, 0.2) is 0 Å². The Morgan fingerprint density at radius 2 is 2.00 bits per heavy atom. The molecule has 2 heteroatoms. The first-order chi connectivity index (χ1) is 10.3. The molecule has 2 fully saturated rings. The van der Waals surface area contributed by atoms with Crippen molar-refractivity contribution < 1.29 is 4.79 Å². The zero-order valence-corrected chi connectivity index (χ0v) is 12.5. The lowest BCUT2D eigenvalue weighted by Crippen LogP contribution is -2.44. The van der Waals surface area contributed by atoms with Crippen molar-refractivity contribution in [3.05, 3.63) is 48.0 Å². The van der Waals surface area contributed by atoms with Crippen molar-refractivity contribution in [2.24, 2.45) is 11.3 Å². The number of likely N-dealkylation sites (tertiary alicyclic amines) is 1. The molecule has 0 N–H and O–H groups in total. The van der Waals surface area contributed by atoms with E-state index in [9.17, 15) is 4.79 Å². The average molecular weight is 281 g/mol. The molecule has 2 aliphatic carbocycles. The number of allylic oxidation sites excluding steroid dienone is 1. The van der Waals surface area contributed by atoms with E-state index in [1.165, 1.54) is 37.7 Å². The maximum absolute atomic E-state index is 13.0. The maximum Gasteiger partial charge on any atom is 0.230 e. The van der Waals surface area contributed by atoms with E-state index >= 15 is 0 Å². The first-order valence-electron chi connectivity index (χ1n) is 8.32. The van der Waals surface area contributed by atoms with E-state index in [0.29, 0.717) is 11.9 Å². The van der Waals surface area contributed by atoms with Crippen molar-refractivity contribution in [3.8, 4) is 0 Å². The van der Waals surface area contributed by atoms with E-state index in [1.807, 2.05) is 6.07 Å². The van der Waals surface area contributed by atoms with Gasteiger partial charge in [0, 0.05) is 18.0 Å². The van der Waals surface area contributed by atoms with Crippen LogP contribution in [0.2, 0.25) is 0 Å². The Morgan fingerprint density at radius 3 is 2.86 bits per heavy atom. The predicted octanol–water partition coefficient (Wildman–Crippen LogP) is 3.92. The standard InChI is InChI=1S/C19H23NO/c21-18-16-10-4-6-12-19(16)13-7-5-11-17(19)20(18)14-15-8-2-1-3-9-15/h1-4,8-10,16-17H,5-7,11-14H2/t16-,17+,19+/m1/s1. The van der Waals surface area contributed by atoms with Gasteiger partial charge >= 0.3 is 0 Å². The minimum Gasteiger partial charge on any atom is -0.334 e. The van der Waals surface area contributed by atoms with Gasteiger partial charge in [0.1, 0.15) is 0 Å². The van der Waals surface area contributed by atoms with Gasteiger partial charge in [-0.3, -0.25) is 4.79 Å². The highest BCUT2D eigenvalue weighted by Crippen LogP contribution is 2.56. The van der Waals surface area contributed by atoms with Gasteiger partial charge in [0.05, 0.1) is 5.92 Å². The number of rotatable bonds is 2. The number of amides is 1. The third-order valence-corrected chi connectivity index (χ3v) is 5.88. The number of carbonyl (C=O) groups is 1. The molecular formula is C19H23NO. The van der Waals surface area contributed by atoms with Crippen LogP contribution in [0.15, 0.2) is 42.5 Å². The minimum absolute atomic E-state index is 0.153. The highest BCUT2D eigenvalue weighted by atomic mass is 16.2. The number of hydrogen-bond donors (Lipinski definition) is 0. The van der Waals surface area contributed by atoms with E-state index in [0.717, 1.165) is 13.0 Å². The molecule has 0 aromatic heterocycles. The Bertz CT molecular complexity index is 564. The summed E-state index contributed by atoms with van der Waals surface area (Å²) in [5.74, 6) is 0.530. The van der Waals surface area contributed by atoms with Crippen LogP contribution in [0.25, 0.3) is 0 Å². The first kappa shape index (κ1) is 13.1. The molecular weight excluding hydrogens is 258 g/mol. The summed E-state index contributed by atoms with van der Waals surface area (Å²) < 4.78 is 0. The monoisotopic (exact) mass is 281 g/mol. The number of carbonyl (C=O) groups excluding carboxylic acids is 1. The summed E-state index contributed by atoms with van der Waals surface area (Å²) in [5, 5.41) is 0. The topological polar surface area (TPSA) is 20.3 Å². The number of hydrogen-bond acceptors (Lipinski definition) is 1. The second-order valence-electron chi connectivity index (χ2n) is 6.89. The van der Waals surface area contributed by atoms with E-state index in [2.05, 4.69) is 41.3 Å². The molecule has 1 heterocycles. The van der Waals surface area contributed by atoms with Crippen LogP contribution in [0, 0.1) is 11.3 Å². The lowest BCUT2D eigenvalue weighted by Gasteiger charge is -2.44. The molecule has 0 unspecified atom stereocenters. The smallest absolute Gasteiger partial charge is 0.230 e. The van der Waals surface area contributed by atoms with Crippen LogP contribution >= 0.6 is 0 Å². The summed E-state index contributed by atoms with van der Waals surface area (Å²) in [6, 6.07) is 10.9. The molecule has 1 aromatic carbocycles. The van der Waals surface area contributed by atoms with E-state index in [4.69, 9.17) is 0 Å². The fourth-order valence-electron chi connectivity index (χ4n) is 4.93. The van der Waals surface area contributed by atoms with Gasteiger partial charge in [-0.15, -0.1) is 0 Å². The second kappa shape index (κ2) is 5.01. The highest BCUT2D eigenvalue weighted by molar-refractivity contribution is 5.85. The molecule has 110 valence electrons. The normalized spacial score (nSPS) is 34.7. The van der Waals surface area contributed by atoms with Crippen LogP contribution in [-0.4, -0.2) is 16.8 Å². The lowest BCUT2D eigenvalue weighted by molar-refractivity contribution is -0.131. The predicted molar refractivity (Wildman–Crippen MR) is 83.5 cm³/mol. The second-order valence-corrected chi connectivity index (χ2v) is 6.89.